The molecule has 0 aliphatic rings. The Morgan fingerprint density at radius 3 is 2.93 bits per heavy atom. The van der Waals surface area contributed by atoms with Crippen molar-refractivity contribution in [3.05, 3.63) is 21.9 Å². The van der Waals surface area contributed by atoms with E-state index in [2.05, 4.69) is 23.8 Å². The first-order chi connectivity index (χ1) is 6.83. The van der Waals surface area contributed by atoms with Crippen LogP contribution in [-0.4, -0.2) is 13.2 Å². The molecular formula is C10H18N2OS. The van der Waals surface area contributed by atoms with Crippen molar-refractivity contribution in [2.24, 2.45) is 5.84 Å². The van der Waals surface area contributed by atoms with Gasteiger partial charge >= 0.3 is 0 Å². The van der Waals surface area contributed by atoms with Gasteiger partial charge in [0.25, 0.3) is 0 Å². The van der Waals surface area contributed by atoms with E-state index < -0.39 is 0 Å². The van der Waals surface area contributed by atoms with Crippen LogP contribution in [0.25, 0.3) is 0 Å². The van der Waals surface area contributed by atoms with E-state index in [4.69, 9.17) is 10.6 Å². The lowest BCUT2D eigenvalue weighted by molar-refractivity contribution is 0.124. The fourth-order valence-corrected chi connectivity index (χ4v) is 2.42. The van der Waals surface area contributed by atoms with Gasteiger partial charge in [0.2, 0.25) is 0 Å². The number of ether oxygens (including phenoxy) is 1. The molecule has 0 fully saturated rings. The van der Waals surface area contributed by atoms with E-state index in [1.54, 1.807) is 11.3 Å². The Bertz CT molecular complexity index is 262. The maximum Gasteiger partial charge on any atom is 0.0789 e. The summed E-state index contributed by atoms with van der Waals surface area (Å²) >= 11 is 1.73. The molecule has 1 atom stereocenters. The molecule has 4 heteroatoms. The lowest BCUT2D eigenvalue weighted by atomic mass is 10.1. The fourth-order valence-electron chi connectivity index (χ4n) is 1.38. The molecule has 3 N–H and O–H groups in total. The molecule has 3 nitrogen and oxygen atoms in total. The van der Waals surface area contributed by atoms with Gasteiger partial charge in [0, 0.05) is 11.5 Å². The second-order valence-electron chi connectivity index (χ2n) is 3.04. The highest BCUT2D eigenvalue weighted by molar-refractivity contribution is 7.10. The summed E-state index contributed by atoms with van der Waals surface area (Å²) in [4.78, 5) is 1.29. The molecule has 1 aromatic rings. The number of hydrazine groups is 1. The molecule has 14 heavy (non-hydrogen) atoms. The van der Waals surface area contributed by atoms with Gasteiger partial charge in [0.15, 0.2) is 0 Å². The molecule has 0 aliphatic carbocycles. The van der Waals surface area contributed by atoms with Crippen LogP contribution in [0.1, 0.15) is 30.3 Å². The van der Waals surface area contributed by atoms with Crippen molar-refractivity contribution in [2.45, 2.75) is 26.3 Å². The average molecular weight is 214 g/mol. The van der Waals surface area contributed by atoms with Crippen LogP contribution >= 0.6 is 11.3 Å². The number of aryl methyl sites for hydroxylation is 1. The van der Waals surface area contributed by atoms with Gasteiger partial charge in [-0.15, -0.1) is 11.3 Å². The Kier molecular flexibility index (Phi) is 5.11. The Hall–Kier alpha value is -0.420. The highest BCUT2D eigenvalue weighted by Crippen LogP contribution is 2.24. The first kappa shape index (κ1) is 11.7. The number of nitrogens with one attached hydrogen (secondary N) is 1. The van der Waals surface area contributed by atoms with Crippen LogP contribution in [-0.2, 0) is 11.2 Å². The van der Waals surface area contributed by atoms with E-state index in [0.717, 1.165) is 13.0 Å². The van der Waals surface area contributed by atoms with E-state index in [1.807, 2.05) is 6.92 Å². The van der Waals surface area contributed by atoms with E-state index in [-0.39, 0.29) is 6.04 Å². The number of rotatable bonds is 6. The molecule has 0 bridgehead atoms. The van der Waals surface area contributed by atoms with E-state index in [9.17, 15) is 0 Å². The summed E-state index contributed by atoms with van der Waals surface area (Å²) in [6, 6.07) is 2.28. The predicted molar refractivity (Wildman–Crippen MR) is 60.3 cm³/mol. The minimum Gasteiger partial charge on any atom is -0.380 e. The quantitative estimate of drug-likeness (QED) is 0.561. The zero-order chi connectivity index (χ0) is 10.4. The molecule has 0 amide bonds. The van der Waals surface area contributed by atoms with Crippen molar-refractivity contribution in [2.75, 3.05) is 13.2 Å². The fraction of sp³-hybridized carbons (Fsp3) is 0.600. The van der Waals surface area contributed by atoms with Gasteiger partial charge in [-0.25, -0.2) is 5.43 Å². The first-order valence-corrected chi connectivity index (χ1v) is 5.81. The zero-order valence-corrected chi connectivity index (χ0v) is 9.56. The van der Waals surface area contributed by atoms with E-state index in [1.165, 1.54) is 10.4 Å². The number of hydrogen-bond acceptors (Lipinski definition) is 4. The molecule has 0 spiro atoms. The van der Waals surface area contributed by atoms with Crippen molar-refractivity contribution in [3.63, 3.8) is 0 Å². The summed E-state index contributed by atoms with van der Waals surface area (Å²) in [6.45, 7) is 5.51. The van der Waals surface area contributed by atoms with Crippen molar-refractivity contribution in [1.29, 1.82) is 0 Å². The number of thiophene rings is 1. The Morgan fingerprint density at radius 2 is 2.36 bits per heavy atom. The van der Waals surface area contributed by atoms with Gasteiger partial charge in [-0.05, 0) is 30.4 Å². The summed E-state index contributed by atoms with van der Waals surface area (Å²) in [5.74, 6) is 5.51. The Morgan fingerprint density at radius 1 is 1.57 bits per heavy atom. The van der Waals surface area contributed by atoms with Crippen LogP contribution in [0.2, 0.25) is 0 Å². The van der Waals surface area contributed by atoms with Gasteiger partial charge in [-0.3, -0.25) is 5.84 Å². The Labute approximate surface area is 89.2 Å². The van der Waals surface area contributed by atoms with Crippen LogP contribution in [0.3, 0.4) is 0 Å². The van der Waals surface area contributed by atoms with E-state index >= 15 is 0 Å². The van der Waals surface area contributed by atoms with Crippen molar-refractivity contribution < 1.29 is 4.74 Å². The third-order valence-electron chi connectivity index (χ3n) is 2.17. The number of hydrogen-bond donors (Lipinski definition) is 2. The molecular weight excluding hydrogens is 196 g/mol. The molecule has 0 saturated heterocycles. The standard InChI is InChI=1S/C10H18N2OS/c1-3-8-5-6-14-10(8)9(12-11)7-13-4-2/h5-6,9,12H,3-4,7,11H2,1-2H3. The highest BCUT2D eigenvalue weighted by Gasteiger charge is 2.14. The number of nitrogens with two attached hydrogens (primary N) is 1. The Balaban J connectivity index is 2.67. The molecule has 0 aliphatic heterocycles. The minimum absolute atomic E-state index is 0.130. The van der Waals surface area contributed by atoms with Crippen molar-refractivity contribution >= 4 is 11.3 Å². The van der Waals surface area contributed by atoms with Crippen LogP contribution < -0.4 is 11.3 Å². The van der Waals surface area contributed by atoms with Crippen LogP contribution in [0.15, 0.2) is 11.4 Å². The van der Waals surface area contributed by atoms with Gasteiger partial charge < -0.3 is 4.74 Å². The van der Waals surface area contributed by atoms with Gasteiger partial charge in [0.05, 0.1) is 12.6 Å². The summed E-state index contributed by atoms with van der Waals surface area (Å²) < 4.78 is 5.37. The minimum atomic E-state index is 0.130. The third-order valence-corrected chi connectivity index (χ3v) is 3.24. The topological polar surface area (TPSA) is 47.3 Å². The zero-order valence-electron chi connectivity index (χ0n) is 8.75. The van der Waals surface area contributed by atoms with Crippen LogP contribution in [0, 0.1) is 0 Å². The largest absolute Gasteiger partial charge is 0.380 e. The first-order valence-electron chi connectivity index (χ1n) is 4.93. The van der Waals surface area contributed by atoms with Gasteiger partial charge in [-0.1, -0.05) is 6.92 Å². The lowest BCUT2D eigenvalue weighted by Crippen LogP contribution is -2.31. The van der Waals surface area contributed by atoms with E-state index in [0.29, 0.717) is 6.61 Å². The molecule has 80 valence electrons. The normalized spacial score (nSPS) is 13.1. The van der Waals surface area contributed by atoms with Crippen LogP contribution in [0.4, 0.5) is 0 Å². The summed E-state index contributed by atoms with van der Waals surface area (Å²) in [5, 5.41) is 2.10. The highest BCUT2D eigenvalue weighted by atomic mass is 32.1. The van der Waals surface area contributed by atoms with Crippen LogP contribution in [0.5, 0.6) is 0 Å². The monoisotopic (exact) mass is 214 g/mol. The molecule has 1 heterocycles. The second kappa shape index (κ2) is 6.14. The molecule has 0 saturated carbocycles. The van der Waals surface area contributed by atoms with Crippen molar-refractivity contribution in [1.82, 2.24) is 5.43 Å². The molecule has 0 radical (unpaired) electrons. The molecule has 0 aromatic carbocycles. The maximum absolute atomic E-state index is 5.51. The molecule has 1 rings (SSSR count). The summed E-state index contributed by atoms with van der Waals surface area (Å²) in [7, 11) is 0. The van der Waals surface area contributed by atoms with Gasteiger partial charge in [-0.2, -0.15) is 0 Å². The van der Waals surface area contributed by atoms with Crippen molar-refractivity contribution in [3.8, 4) is 0 Å². The third kappa shape index (κ3) is 2.78. The smallest absolute Gasteiger partial charge is 0.0789 e. The maximum atomic E-state index is 5.51. The molecule has 1 aromatic heterocycles. The summed E-state index contributed by atoms with van der Waals surface area (Å²) in [5.41, 5.74) is 4.16. The average Bonchev–Trinajstić information content (AvgIpc) is 2.67. The SMILES string of the molecule is CCOCC(NN)c1sccc1CC. The summed E-state index contributed by atoms with van der Waals surface area (Å²) in [6.07, 6.45) is 1.04. The lowest BCUT2D eigenvalue weighted by Gasteiger charge is -2.15. The van der Waals surface area contributed by atoms with Gasteiger partial charge in [0.1, 0.15) is 0 Å². The second-order valence-corrected chi connectivity index (χ2v) is 3.99. The molecule has 1 unspecified atom stereocenters. The predicted octanol–water partition coefficient (Wildman–Crippen LogP) is 1.85.